The zero-order valence-electron chi connectivity index (χ0n) is 11.2. The van der Waals surface area contributed by atoms with Gasteiger partial charge in [0.05, 0.1) is 6.04 Å². The van der Waals surface area contributed by atoms with E-state index in [1.165, 1.54) is 10.8 Å². The fourth-order valence-electron chi connectivity index (χ4n) is 2.49. The Bertz CT molecular complexity index is 787. The smallest absolute Gasteiger partial charge is 0.0721 e. The maximum Gasteiger partial charge on any atom is 0.0721 e. The average Bonchev–Trinajstić information content (AvgIpc) is 2.51. The molecule has 106 valence electrons. The second-order valence-corrected chi connectivity index (χ2v) is 6.64. The van der Waals surface area contributed by atoms with Crippen LogP contribution < -0.4 is 11.3 Å². The minimum Gasteiger partial charge on any atom is -0.271 e. The van der Waals surface area contributed by atoms with Gasteiger partial charge in [-0.15, -0.1) is 0 Å². The topological polar surface area (TPSA) is 38.0 Å². The van der Waals surface area contributed by atoms with Crippen LogP contribution in [-0.4, -0.2) is 0 Å². The second kappa shape index (κ2) is 6.28. The predicted octanol–water partition coefficient (Wildman–Crippen LogP) is 4.92. The second-order valence-electron chi connectivity index (χ2n) is 4.87. The molecular formula is C17H14Br2N2. The normalized spacial score (nSPS) is 12.5. The first-order valence-electron chi connectivity index (χ1n) is 6.59. The molecule has 0 aliphatic carbocycles. The summed E-state index contributed by atoms with van der Waals surface area (Å²) in [7, 11) is 0. The largest absolute Gasteiger partial charge is 0.271 e. The monoisotopic (exact) mass is 404 g/mol. The molecule has 0 saturated carbocycles. The van der Waals surface area contributed by atoms with Gasteiger partial charge in [-0.1, -0.05) is 68.3 Å². The van der Waals surface area contributed by atoms with Crippen molar-refractivity contribution in [1.82, 2.24) is 5.43 Å². The predicted molar refractivity (Wildman–Crippen MR) is 95.0 cm³/mol. The van der Waals surface area contributed by atoms with Crippen LogP contribution in [-0.2, 0) is 0 Å². The third kappa shape index (κ3) is 3.04. The third-order valence-corrected chi connectivity index (χ3v) is 4.76. The summed E-state index contributed by atoms with van der Waals surface area (Å²) in [5.41, 5.74) is 5.15. The van der Waals surface area contributed by atoms with Gasteiger partial charge in [-0.2, -0.15) is 0 Å². The number of nitrogens with one attached hydrogen (secondary N) is 1. The van der Waals surface area contributed by atoms with Gasteiger partial charge < -0.3 is 0 Å². The number of rotatable bonds is 3. The summed E-state index contributed by atoms with van der Waals surface area (Å²) in [6.45, 7) is 0. The Morgan fingerprint density at radius 2 is 1.62 bits per heavy atom. The highest BCUT2D eigenvalue weighted by Crippen LogP contribution is 2.31. The van der Waals surface area contributed by atoms with Crippen molar-refractivity contribution >= 4 is 42.6 Å². The van der Waals surface area contributed by atoms with Crippen molar-refractivity contribution < 1.29 is 0 Å². The molecule has 3 N–H and O–H groups in total. The number of benzene rings is 3. The van der Waals surface area contributed by atoms with Gasteiger partial charge in [-0.05, 0) is 46.2 Å². The van der Waals surface area contributed by atoms with Crippen LogP contribution in [0, 0.1) is 0 Å². The highest BCUT2D eigenvalue weighted by molar-refractivity contribution is 9.11. The maximum absolute atomic E-state index is 5.81. The summed E-state index contributed by atoms with van der Waals surface area (Å²) in [6, 6.07) is 20.8. The van der Waals surface area contributed by atoms with Crippen LogP contribution in [0.1, 0.15) is 17.2 Å². The van der Waals surface area contributed by atoms with Gasteiger partial charge in [0.1, 0.15) is 0 Å². The molecular weight excluding hydrogens is 392 g/mol. The van der Waals surface area contributed by atoms with Crippen molar-refractivity contribution in [2.24, 2.45) is 5.84 Å². The molecule has 0 fully saturated rings. The molecule has 0 heterocycles. The van der Waals surface area contributed by atoms with Crippen LogP contribution in [0.3, 0.4) is 0 Å². The minimum atomic E-state index is -0.0681. The highest BCUT2D eigenvalue weighted by atomic mass is 79.9. The first-order chi connectivity index (χ1) is 10.2. The van der Waals surface area contributed by atoms with Gasteiger partial charge >= 0.3 is 0 Å². The number of hydrogen-bond donors (Lipinski definition) is 2. The summed E-state index contributed by atoms with van der Waals surface area (Å²) >= 11 is 7.12. The van der Waals surface area contributed by atoms with E-state index in [0.29, 0.717) is 0 Å². The van der Waals surface area contributed by atoms with E-state index in [1.54, 1.807) is 0 Å². The van der Waals surface area contributed by atoms with Gasteiger partial charge in [-0.25, -0.2) is 5.43 Å². The first kappa shape index (κ1) is 14.7. The van der Waals surface area contributed by atoms with Crippen LogP contribution in [0.15, 0.2) is 69.6 Å². The van der Waals surface area contributed by atoms with Gasteiger partial charge in [0, 0.05) is 8.95 Å². The number of fused-ring (bicyclic) bond motifs is 1. The lowest BCUT2D eigenvalue weighted by molar-refractivity contribution is 0.635. The molecule has 2 nitrogen and oxygen atoms in total. The van der Waals surface area contributed by atoms with Crippen molar-refractivity contribution in [1.29, 1.82) is 0 Å². The van der Waals surface area contributed by atoms with E-state index in [9.17, 15) is 0 Å². The van der Waals surface area contributed by atoms with Gasteiger partial charge in [-0.3, -0.25) is 5.84 Å². The number of hydrogen-bond acceptors (Lipinski definition) is 2. The molecule has 3 rings (SSSR count). The molecule has 0 radical (unpaired) electrons. The van der Waals surface area contributed by atoms with Gasteiger partial charge in [0.15, 0.2) is 0 Å². The molecule has 1 atom stereocenters. The Hall–Kier alpha value is -1.20. The lowest BCUT2D eigenvalue weighted by Gasteiger charge is -2.19. The molecule has 4 heteroatoms. The van der Waals surface area contributed by atoms with Crippen molar-refractivity contribution in [2.45, 2.75) is 6.04 Å². The van der Waals surface area contributed by atoms with Crippen LogP contribution in [0.2, 0.25) is 0 Å². The Labute approximate surface area is 140 Å². The summed E-state index contributed by atoms with van der Waals surface area (Å²) in [6.07, 6.45) is 0. The lowest BCUT2D eigenvalue weighted by atomic mass is 9.97. The molecule has 0 aliphatic rings. The van der Waals surface area contributed by atoms with Crippen LogP contribution in [0.25, 0.3) is 10.8 Å². The molecule has 3 aromatic carbocycles. The average molecular weight is 406 g/mol. The van der Waals surface area contributed by atoms with E-state index in [4.69, 9.17) is 5.84 Å². The summed E-state index contributed by atoms with van der Waals surface area (Å²) < 4.78 is 2.06. The fraction of sp³-hybridized carbons (Fsp3) is 0.0588. The van der Waals surface area contributed by atoms with Crippen molar-refractivity contribution in [3.05, 3.63) is 80.7 Å². The third-order valence-electron chi connectivity index (χ3n) is 3.54. The molecule has 0 aromatic heterocycles. The Balaban J connectivity index is 2.11. The lowest BCUT2D eigenvalue weighted by Crippen LogP contribution is -2.29. The Kier molecular flexibility index (Phi) is 4.40. The molecule has 0 saturated heterocycles. The zero-order valence-corrected chi connectivity index (χ0v) is 14.4. The van der Waals surface area contributed by atoms with Crippen LogP contribution in [0.4, 0.5) is 0 Å². The first-order valence-corrected chi connectivity index (χ1v) is 8.17. The quantitative estimate of drug-likeness (QED) is 0.479. The zero-order chi connectivity index (χ0) is 14.8. The number of halogens is 2. The molecule has 21 heavy (non-hydrogen) atoms. The number of hydrazine groups is 1. The van der Waals surface area contributed by atoms with Crippen LogP contribution >= 0.6 is 31.9 Å². The highest BCUT2D eigenvalue weighted by Gasteiger charge is 2.16. The van der Waals surface area contributed by atoms with E-state index in [2.05, 4.69) is 73.7 Å². The van der Waals surface area contributed by atoms with E-state index in [1.807, 2.05) is 24.3 Å². The van der Waals surface area contributed by atoms with Crippen molar-refractivity contribution in [3.8, 4) is 0 Å². The molecule has 3 aromatic rings. The Morgan fingerprint density at radius 3 is 2.38 bits per heavy atom. The van der Waals surface area contributed by atoms with Gasteiger partial charge in [0.25, 0.3) is 0 Å². The van der Waals surface area contributed by atoms with E-state index in [-0.39, 0.29) is 6.04 Å². The summed E-state index contributed by atoms with van der Waals surface area (Å²) in [4.78, 5) is 0. The summed E-state index contributed by atoms with van der Waals surface area (Å²) in [5, 5.41) is 2.44. The summed E-state index contributed by atoms with van der Waals surface area (Å²) in [5.74, 6) is 5.81. The number of nitrogens with two attached hydrogens (primary N) is 1. The minimum absolute atomic E-state index is 0.0681. The van der Waals surface area contributed by atoms with E-state index >= 15 is 0 Å². The standard InChI is InChI=1S/C17H14Br2N2/c18-14-7-8-16(19)15(10-14)17(21-20)13-6-5-11-3-1-2-4-12(11)9-13/h1-10,17,21H,20H2. The molecule has 0 amide bonds. The molecule has 0 spiro atoms. The maximum atomic E-state index is 5.81. The van der Waals surface area contributed by atoms with Crippen LogP contribution in [0.5, 0.6) is 0 Å². The molecule has 0 bridgehead atoms. The molecule has 0 aliphatic heterocycles. The van der Waals surface area contributed by atoms with Crippen molar-refractivity contribution in [3.63, 3.8) is 0 Å². The Morgan fingerprint density at radius 1 is 0.857 bits per heavy atom. The SMILES string of the molecule is NNC(c1ccc2ccccc2c1)c1cc(Br)ccc1Br. The fourth-order valence-corrected chi connectivity index (χ4v) is 3.34. The molecule has 1 unspecified atom stereocenters. The van der Waals surface area contributed by atoms with E-state index < -0.39 is 0 Å². The van der Waals surface area contributed by atoms with E-state index in [0.717, 1.165) is 20.1 Å². The van der Waals surface area contributed by atoms with Gasteiger partial charge in [0.2, 0.25) is 0 Å². The van der Waals surface area contributed by atoms with Crippen molar-refractivity contribution in [2.75, 3.05) is 0 Å².